The van der Waals surface area contributed by atoms with Crippen molar-refractivity contribution in [1.29, 1.82) is 0 Å². The van der Waals surface area contributed by atoms with Crippen molar-refractivity contribution in [2.45, 2.75) is 123 Å². The lowest BCUT2D eigenvalue weighted by Crippen LogP contribution is -2.22. The molecule has 1 aromatic rings. The Balaban J connectivity index is 1.19. The molecule has 1 heterocycles. The van der Waals surface area contributed by atoms with Crippen molar-refractivity contribution in [2.75, 3.05) is 0 Å². The fraction of sp³-hybridized carbons (Fsp3) is 0.862. The monoisotopic (exact) mass is 412 g/mol. The fourth-order valence-electron chi connectivity index (χ4n) is 7.41. The number of hydrogen-bond acceptors (Lipinski definition) is 1. The predicted octanol–water partition coefficient (Wildman–Crippen LogP) is 8.99. The molecule has 3 aliphatic carbocycles. The van der Waals surface area contributed by atoms with Gasteiger partial charge in [0.05, 0.1) is 0 Å². The Bertz CT molecular complexity index is 608. The molecule has 4 atom stereocenters. The Labute approximate surface area is 186 Å². The first kappa shape index (κ1) is 22.5. The van der Waals surface area contributed by atoms with Crippen molar-refractivity contribution in [3.05, 3.63) is 23.7 Å². The van der Waals surface area contributed by atoms with Gasteiger partial charge in [0.1, 0.15) is 11.5 Å². The second-order valence-electron chi connectivity index (χ2n) is 11.4. The van der Waals surface area contributed by atoms with Gasteiger partial charge < -0.3 is 4.42 Å². The van der Waals surface area contributed by atoms with Crippen molar-refractivity contribution < 1.29 is 4.42 Å². The van der Waals surface area contributed by atoms with Crippen LogP contribution in [0.25, 0.3) is 0 Å². The maximum Gasteiger partial charge on any atom is 0.104 e. The normalized spacial score (nSPS) is 35.4. The molecular formula is C29H48O. The molecule has 0 aromatic carbocycles. The first-order valence-electron chi connectivity index (χ1n) is 13.8. The highest BCUT2D eigenvalue weighted by Gasteiger charge is 2.28. The van der Waals surface area contributed by atoms with Crippen LogP contribution in [0.2, 0.25) is 0 Å². The van der Waals surface area contributed by atoms with Gasteiger partial charge in [-0.15, -0.1) is 0 Å². The second kappa shape index (κ2) is 11.2. The molecule has 3 fully saturated rings. The number of rotatable bonds is 8. The third kappa shape index (κ3) is 6.17. The highest BCUT2D eigenvalue weighted by atomic mass is 16.3. The zero-order chi connectivity index (χ0) is 20.8. The van der Waals surface area contributed by atoms with Crippen LogP contribution in [-0.4, -0.2) is 0 Å². The molecular weight excluding hydrogens is 364 g/mol. The van der Waals surface area contributed by atoms with E-state index in [1.54, 1.807) is 0 Å². The Morgan fingerprint density at radius 2 is 1.30 bits per heavy atom. The van der Waals surface area contributed by atoms with E-state index >= 15 is 0 Å². The Hall–Kier alpha value is -0.720. The van der Waals surface area contributed by atoms with Gasteiger partial charge in [-0.3, -0.25) is 0 Å². The van der Waals surface area contributed by atoms with Crippen LogP contribution in [0.1, 0.15) is 122 Å². The maximum atomic E-state index is 6.35. The van der Waals surface area contributed by atoms with E-state index in [1.165, 1.54) is 121 Å². The highest BCUT2D eigenvalue weighted by molar-refractivity contribution is 5.09. The van der Waals surface area contributed by atoms with E-state index in [0.29, 0.717) is 0 Å². The molecule has 0 radical (unpaired) electrons. The van der Waals surface area contributed by atoms with Gasteiger partial charge in [-0.2, -0.15) is 0 Å². The summed E-state index contributed by atoms with van der Waals surface area (Å²) in [5.41, 5.74) is 0. The fourth-order valence-corrected chi connectivity index (χ4v) is 7.41. The first-order chi connectivity index (χ1) is 14.7. The molecule has 0 amide bonds. The SMILES string of the molecule is CCC1CCCC(CC2CCC(Cc3ccc(CC4CCCCC4CC)o3)CC2)C1. The van der Waals surface area contributed by atoms with Crippen LogP contribution in [0.15, 0.2) is 16.5 Å². The smallest absolute Gasteiger partial charge is 0.104 e. The van der Waals surface area contributed by atoms with E-state index in [-0.39, 0.29) is 0 Å². The van der Waals surface area contributed by atoms with Crippen molar-refractivity contribution in [3.63, 3.8) is 0 Å². The second-order valence-corrected chi connectivity index (χ2v) is 11.4. The molecule has 0 spiro atoms. The number of furan rings is 1. The summed E-state index contributed by atoms with van der Waals surface area (Å²) >= 11 is 0. The molecule has 3 saturated carbocycles. The quantitative estimate of drug-likeness (QED) is 0.415. The third-order valence-corrected chi connectivity index (χ3v) is 9.36. The summed E-state index contributed by atoms with van der Waals surface area (Å²) in [6.45, 7) is 4.78. The zero-order valence-corrected chi connectivity index (χ0v) is 20.0. The average Bonchev–Trinajstić information content (AvgIpc) is 3.22. The van der Waals surface area contributed by atoms with E-state index in [2.05, 4.69) is 26.0 Å². The van der Waals surface area contributed by atoms with E-state index in [4.69, 9.17) is 4.42 Å². The molecule has 0 bridgehead atoms. The van der Waals surface area contributed by atoms with Crippen LogP contribution in [0.3, 0.4) is 0 Å². The Morgan fingerprint density at radius 1 is 0.633 bits per heavy atom. The molecule has 0 saturated heterocycles. The molecule has 1 heteroatoms. The number of hydrogen-bond donors (Lipinski definition) is 0. The standard InChI is InChI=1S/C29H48O/c1-3-22-8-7-9-25(18-22)19-23-12-14-24(15-13-23)20-28-16-17-29(30-28)21-27-11-6-5-10-26(27)4-2/h16-17,22-27H,3-15,18-21H2,1-2H3. The molecule has 4 unspecified atom stereocenters. The van der Waals surface area contributed by atoms with Crippen molar-refractivity contribution in [3.8, 4) is 0 Å². The van der Waals surface area contributed by atoms with Crippen LogP contribution >= 0.6 is 0 Å². The minimum atomic E-state index is 0.866. The lowest BCUT2D eigenvalue weighted by Gasteiger charge is -2.34. The third-order valence-electron chi connectivity index (χ3n) is 9.36. The molecule has 4 rings (SSSR count). The maximum absolute atomic E-state index is 6.35. The van der Waals surface area contributed by atoms with Crippen LogP contribution in [0.5, 0.6) is 0 Å². The largest absolute Gasteiger partial charge is 0.466 e. The van der Waals surface area contributed by atoms with Crippen LogP contribution in [0, 0.1) is 35.5 Å². The lowest BCUT2D eigenvalue weighted by molar-refractivity contribution is 0.181. The Kier molecular flexibility index (Phi) is 8.42. The summed E-state index contributed by atoms with van der Waals surface area (Å²) in [7, 11) is 0. The molecule has 1 aromatic heterocycles. The van der Waals surface area contributed by atoms with E-state index in [9.17, 15) is 0 Å². The van der Waals surface area contributed by atoms with Gasteiger partial charge >= 0.3 is 0 Å². The molecule has 3 aliphatic rings. The van der Waals surface area contributed by atoms with Gasteiger partial charge in [-0.1, -0.05) is 78.1 Å². The Morgan fingerprint density at radius 3 is 2.03 bits per heavy atom. The average molecular weight is 413 g/mol. The molecule has 30 heavy (non-hydrogen) atoms. The van der Waals surface area contributed by atoms with Crippen LogP contribution < -0.4 is 0 Å². The van der Waals surface area contributed by atoms with Crippen LogP contribution in [-0.2, 0) is 12.8 Å². The zero-order valence-electron chi connectivity index (χ0n) is 20.0. The van der Waals surface area contributed by atoms with Gasteiger partial charge in [-0.25, -0.2) is 0 Å². The van der Waals surface area contributed by atoms with Crippen molar-refractivity contribution >= 4 is 0 Å². The summed E-state index contributed by atoms with van der Waals surface area (Å²) < 4.78 is 6.35. The highest BCUT2D eigenvalue weighted by Crippen LogP contribution is 2.40. The summed E-state index contributed by atoms with van der Waals surface area (Å²) in [6, 6.07) is 4.60. The van der Waals surface area contributed by atoms with Gasteiger partial charge in [0, 0.05) is 12.8 Å². The summed E-state index contributed by atoms with van der Waals surface area (Å²) in [5.74, 6) is 8.31. The summed E-state index contributed by atoms with van der Waals surface area (Å²) in [6.07, 6.45) is 24.3. The molecule has 170 valence electrons. The van der Waals surface area contributed by atoms with E-state index in [1.807, 2.05) is 0 Å². The lowest BCUT2D eigenvalue weighted by atomic mass is 9.72. The van der Waals surface area contributed by atoms with E-state index in [0.717, 1.165) is 35.5 Å². The van der Waals surface area contributed by atoms with Gasteiger partial charge in [0.15, 0.2) is 0 Å². The van der Waals surface area contributed by atoms with Crippen molar-refractivity contribution in [2.24, 2.45) is 35.5 Å². The first-order valence-corrected chi connectivity index (χ1v) is 13.8. The predicted molar refractivity (Wildman–Crippen MR) is 128 cm³/mol. The van der Waals surface area contributed by atoms with E-state index < -0.39 is 0 Å². The summed E-state index contributed by atoms with van der Waals surface area (Å²) in [5, 5.41) is 0. The topological polar surface area (TPSA) is 13.1 Å². The minimum absolute atomic E-state index is 0.866. The van der Waals surface area contributed by atoms with Gasteiger partial charge in [0.25, 0.3) is 0 Å². The van der Waals surface area contributed by atoms with Gasteiger partial charge in [0.2, 0.25) is 0 Å². The molecule has 1 nitrogen and oxygen atoms in total. The molecule has 0 aliphatic heterocycles. The minimum Gasteiger partial charge on any atom is -0.466 e. The summed E-state index contributed by atoms with van der Waals surface area (Å²) in [4.78, 5) is 0. The van der Waals surface area contributed by atoms with Crippen molar-refractivity contribution in [1.82, 2.24) is 0 Å². The van der Waals surface area contributed by atoms with Gasteiger partial charge in [-0.05, 0) is 79.7 Å². The van der Waals surface area contributed by atoms with Crippen LogP contribution in [0.4, 0.5) is 0 Å². The molecule has 0 N–H and O–H groups in total.